The number of hydrogen-bond acceptors (Lipinski definition) is 2. The number of anilines is 1. The first-order valence-corrected chi connectivity index (χ1v) is 6.90. The van der Waals surface area contributed by atoms with Crippen LogP contribution in [-0.4, -0.2) is 12.6 Å². The van der Waals surface area contributed by atoms with Gasteiger partial charge in [0.05, 0.1) is 0 Å². The Balaban J connectivity index is 2.16. The number of piperidine rings is 1. The van der Waals surface area contributed by atoms with Crippen molar-refractivity contribution >= 4 is 5.69 Å². The molecule has 1 aliphatic heterocycles. The number of benzene rings is 1. The van der Waals surface area contributed by atoms with E-state index in [0.717, 1.165) is 6.04 Å². The lowest BCUT2D eigenvalue weighted by Gasteiger charge is -2.38. The fourth-order valence-electron chi connectivity index (χ4n) is 2.84. The molecule has 1 aromatic carbocycles. The third-order valence-corrected chi connectivity index (χ3v) is 3.73. The summed E-state index contributed by atoms with van der Waals surface area (Å²) < 4.78 is 0. The maximum Gasteiger partial charge on any atom is 0.0371 e. The highest BCUT2D eigenvalue weighted by Gasteiger charge is 2.21. The Labute approximate surface area is 105 Å². The third-order valence-electron chi connectivity index (χ3n) is 3.73. The van der Waals surface area contributed by atoms with E-state index in [1.165, 1.54) is 49.9 Å². The van der Waals surface area contributed by atoms with Crippen molar-refractivity contribution in [1.29, 1.82) is 0 Å². The first-order chi connectivity index (χ1) is 8.35. The molecule has 0 radical (unpaired) electrons. The molecule has 0 spiro atoms. The van der Waals surface area contributed by atoms with Gasteiger partial charge >= 0.3 is 0 Å². The molecule has 2 nitrogen and oxygen atoms in total. The predicted octanol–water partition coefficient (Wildman–Crippen LogP) is 3.30. The lowest BCUT2D eigenvalue weighted by molar-refractivity contribution is 0.434. The van der Waals surface area contributed by atoms with Gasteiger partial charge in [0.2, 0.25) is 0 Å². The fraction of sp³-hybridized carbons (Fsp3) is 0.600. The molecule has 1 unspecified atom stereocenters. The highest BCUT2D eigenvalue weighted by molar-refractivity contribution is 5.50. The predicted molar refractivity (Wildman–Crippen MR) is 74.2 cm³/mol. The van der Waals surface area contributed by atoms with Gasteiger partial charge in [-0.1, -0.05) is 25.5 Å². The van der Waals surface area contributed by atoms with Crippen LogP contribution in [-0.2, 0) is 6.54 Å². The van der Waals surface area contributed by atoms with E-state index < -0.39 is 0 Å². The van der Waals surface area contributed by atoms with Crippen LogP contribution in [0.4, 0.5) is 5.69 Å². The number of rotatable bonds is 4. The normalized spacial score (nSPS) is 20.6. The van der Waals surface area contributed by atoms with Crippen LogP contribution < -0.4 is 10.6 Å². The molecule has 0 saturated carbocycles. The molecule has 0 bridgehead atoms. The Morgan fingerprint density at radius 2 is 2.24 bits per heavy atom. The standard InChI is InChI=1S/C15H24N2/c1-2-6-14-8-3-4-10-17(14)15-9-5-7-13(11-15)12-16/h5,7,9,11,14H,2-4,6,8,10,12,16H2,1H3. The largest absolute Gasteiger partial charge is 0.369 e. The lowest BCUT2D eigenvalue weighted by Crippen LogP contribution is -2.39. The quantitative estimate of drug-likeness (QED) is 0.863. The maximum atomic E-state index is 5.72. The molecule has 2 rings (SSSR count). The summed E-state index contributed by atoms with van der Waals surface area (Å²) in [6.07, 6.45) is 6.65. The monoisotopic (exact) mass is 232 g/mol. The SMILES string of the molecule is CCCC1CCCCN1c1cccc(CN)c1. The van der Waals surface area contributed by atoms with Gasteiger partial charge in [-0.2, -0.15) is 0 Å². The van der Waals surface area contributed by atoms with Crippen LogP contribution >= 0.6 is 0 Å². The number of hydrogen-bond donors (Lipinski definition) is 1. The fourth-order valence-corrected chi connectivity index (χ4v) is 2.84. The molecule has 1 aliphatic rings. The second-order valence-corrected chi connectivity index (χ2v) is 5.01. The van der Waals surface area contributed by atoms with Crippen molar-refractivity contribution in [3.8, 4) is 0 Å². The molecule has 0 aliphatic carbocycles. The second-order valence-electron chi connectivity index (χ2n) is 5.01. The molecule has 2 N–H and O–H groups in total. The number of nitrogens with two attached hydrogens (primary N) is 1. The zero-order chi connectivity index (χ0) is 12.1. The van der Waals surface area contributed by atoms with Crippen molar-refractivity contribution in [1.82, 2.24) is 0 Å². The minimum Gasteiger partial charge on any atom is -0.369 e. The van der Waals surface area contributed by atoms with Gasteiger partial charge in [0.1, 0.15) is 0 Å². The molecular formula is C15H24N2. The minimum atomic E-state index is 0.639. The molecule has 1 aromatic rings. The topological polar surface area (TPSA) is 29.3 Å². The highest BCUT2D eigenvalue weighted by atomic mass is 15.2. The Kier molecular flexibility index (Phi) is 4.43. The van der Waals surface area contributed by atoms with Gasteiger partial charge < -0.3 is 10.6 Å². The van der Waals surface area contributed by atoms with Crippen LogP contribution in [0.3, 0.4) is 0 Å². The summed E-state index contributed by atoms with van der Waals surface area (Å²) in [5, 5.41) is 0. The van der Waals surface area contributed by atoms with Gasteiger partial charge in [0.25, 0.3) is 0 Å². The Hall–Kier alpha value is -1.02. The average molecular weight is 232 g/mol. The summed E-state index contributed by atoms with van der Waals surface area (Å²) in [6, 6.07) is 9.47. The van der Waals surface area contributed by atoms with Crippen molar-refractivity contribution < 1.29 is 0 Å². The first-order valence-electron chi connectivity index (χ1n) is 6.90. The van der Waals surface area contributed by atoms with E-state index in [1.54, 1.807) is 0 Å². The smallest absolute Gasteiger partial charge is 0.0371 e. The number of nitrogens with zero attached hydrogens (tertiary/aromatic N) is 1. The van der Waals surface area contributed by atoms with Crippen LogP contribution in [0.5, 0.6) is 0 Å². The second kappa shape index (κ2) is 6.06. The van der Waals surface area contributed by atoms with Crippen LogP contribution in [0.1, 0.15) is 44.6 Å². The molecule has 94 valence electrons. The summed E-state index contributed by atoms with van der Waals surface area (Å²) >= 11 is 0. The molecule has 1 saturated heterocycles. The molecular weight excluding hydrogens is 208 g/mol. The van der Waals surface area contributed by atoms with E-state index in [-0.39, 0.29) is 0 Å². The molecule has 0 amide bonds. The molecule has 1 fully saturated rings. The lowest BCUT2D eigenvalue weighted by atomic mass is 9.97. The molecule has 17 heavy (non-hydrogen) atoms. The van der Waals surface area contributed by atoms with Gasteiger partial charge in [-0.25, -0.2) is 0 Å². The van der Waals surface area contributed by atoms with Crippen molar-refractivity contribution in [2.45, 2.75) is 51.6 Å². The average Bonchev–Trinajstić information content (AvgIpc) is 2.40. The summed E-state index contributed by atoms with van der Waals surface area (Å²) in [4.78, 5) is 2.59. The van der Waals surface area contributed by atoms with E-state index in [1.807, 2.05) is 0 Å². The Morgan fingerprint density at radius 1 is 1.35 bits per heavy atom. The van der Waals surface area contributed by atoms with E-state index in [0.29, 0.717) is 6.54 Å². The van der Waals surface area contributed by atoms with Crippen LogP contribution in [0.2, 0.25) is 0 Å². The van der Waals surface area contributed by atoms with E-state index in [4.69, 9.17) is 5.73 Å². The van der Waals surface area contributed by atoms with Gasteiger partial charge in [-0.3, -0.25) is 0 Å². The minimum absolute atomic E-state index is 0.639. The summed E-state index contributed by atoms with van der Waals surface area (Å²) in [7, 11) is 0. The zero-order valence-corrected chi connectivity index (χ0v) is 10.9. The van der Waals surface area contributed by atoms with Gasteiger partial charge in [-0.05, 0) is 43.4 Å². The third kappa shape index (κ3) is 3.01. The summed E-state index contributed by atoms with van der Waals surface area (Å²) in [5.41, 5.74) is 8.33. The molecule has 1 heterocycles. The molecule has 1 atom stereocenters. The van der Waals surface area contributed by atoms with Crippen molar-refractivity contribution in [3.05, 3.63) is 29.8 Å². The summed E-state index contributed by atoms with van der Waals surface area (Å²) in [6.45, 7) is 4.13. The highest BCUT2D eigenvalue weighted by Crippen LogP contribution is 2.27. The zero-order valence-electron chi connectivity index (χ0n) is 10.9. The van der Waals surface area contributed by atoms with E-state index in [9.17, 15) is 0 Å². The van der Waals surface area contributed by atoms with Crippen molar-refractivity contribution in [2.75, 3.05) is 11.4 Å². The van der Waals surface area contributed by atoms with Crippen molar-refractivity contribution in [2.24, 2.45) is 5.73 Å². The van der Waals surface area contributed by atoms with Gasteiger partial charge in [0.15, 0.2) is 0 Å². The van der Waals surface area contributed by atoms with Crippen LogP contribution in [0.15, 0.2) is 24.3 Å². The van der Waals surface area contributed by atoms with Crippen LogP contribution in [0, 0.1) is 0 Å². The first kappa shape index (κ1) is 12.4. The maximum absolute atomic E-state index is 5.72. The Bertz CT molecular complexity index is 347. The van der Waals surface area contributed by atoms with Gasteiger partial charge in [0, 0.05) is 24.8 Å². The molecule has 0 aromatic heterocycles. The molecule has 2 heteroatoms. The van der Waals surface area contributed by atoms with E-state index in [2.05, 4.69) is 36.1 Å². The van der Waals surface area contributed by atoms with E-state index >= 15 is 0 Å². The van der Waals surface area contributed by atoms with Crippen LogP contribution in [0.25, 0.3) is 0 Å². The summed E-state index contributed by atoms with van der Waals surface area (Å²) in [5.74, 6) is 0. The van der Waals surface area contributed by atoms with Gasteiger partial charge in [-0.15, -0.1) is 0 Å². The Morgan fingerprint density at radius 3 is 3.00 bits per heavy atom. The van der Waals surface area contributed by atoms with Crippen molar-refractivity contribution in [3.63, 3.8) is 0 Å².